The van der Waals surface area contributed by atoms with Crippen LogP contribution in [0.1, 0.15) is 43.7 Å². The zero-order valence-corrected chi connectivity index (χ0v) is 13.5. The van der Waals surface area contributed by atoms with Crippen LogP contribution in [0.2, 0.25) is 0 Å². The Bertz CT molecular complexity index is 680. The average Bonchev–Trinajstić information content (AvgIpc) is 2.56. The molecule has 3 aliphatic rings. The second-order valence-corrected chi connectivity index (χ2v) is 6.83. The molecule has 0 heterocycles. The van der Waals surface area contributed by atoms with Crippen molar-refractivity contribution < 1.29 is 36.2 Å². The van der Waals surface area contributed by atoms with Crippen molar-refractivity contribution in [2.45, 2.75) is 68.7 Å². The third-order valence-electron chi connectivity index (χ3n) is 5.56. The summed E-state index contributed by atoms with van der Waals surface area (Å²) in [4.78, 5) is 0. The highest BCUT2D eigenvalue weighted by molar-refractivity contribution is 5.27. The van der Waals surface area contributed by atoms with Crippen LogP contribution in [0.3, 0.4) is 0 Å². The van der Waals surface area contributed by atoms with Crippen LogP contribution >= 0.6 is 0 Å². The minimum atomic E-state index is -4.65. The van der Waals surface area contributed by atoms with E-state index in [1.807, 2.05) is 0 Å². The summed E-state index contributed by atoms with van der Waals surface area (Å²) >= 11 is 0. The van der Waals surface area contributed by atoms with Gasteiger partial charge in [0.2, 0.25) is 0 Å². The summed E-state index contributed by atoms with van der Waals surface area (Å²) in [5.41, 5.74) is -5.46. The van der Waals surface area contributed by atoms with E-state index in [0.717, 1.165) is 0 Å². The van der Waals surface area contributed by atoms with Crippen molar-refractivity contribution in [2.24, 2.45) is 0 Å². The van der Waals surface area contributed by atoms with Crippen LogP contribution in [0.25, 0.3) is 0 Å². The van der Waals surface area contributed by atoms with Crippen molar-refractivity contribution in [3.05, 3.63) is 34.9 Å². The summed E-state index contributed by atoms with van der Waals surface area (Å²) in [6.07, 6.45) is -1.80. The van der Waals surface area contributed by atoms with Gasteiger partial charge in [0.1, 0.15) is 11.2 Å². The smallest absolute Gasteiger partial charge is 0.341 e. The number of rotatable bonds is 4. The number of fused-ring (bicyclic) bond motifs is 3. The molecule has 2 nitrogen and oxygen atoms in total. The van der Waals surface area contributed by atoms with Crippen molar-refractivity contribution >= 4 is 0 Å². The maximum absolute atomic E-state index is 14.4. The molecular formula is C17H18F6O2. The van der Waals surface area contributed by atoms with E-state index < -0.39 is 67.0 Å². The molecule has 1 aromatic rings. The summed E-state index contributed by atoms with van der Waals surface area (Å²) in [6, 6.07) is 2.51. The van der Waals surface area contributed by atoms with Crippen LogP contribution in [-0.4, -0.2) is 28.2 Å². The minimum Gasteiger partial charge on any atom is -0.383 e. The van der Waals surface area contributed by atoms with Crippen LogP contribution in [0, 0.1) is 11.6 Å². The molecule has 1 aromatic carbocycles. The molecule has 2 bridgehead atoms. The van der Waals surface area contributed by atoms with Gasteiger partial charge in [0, 0.05) is 5.56 Å². The first-order valence-electron chi connectivity index (χ1n) is 8.09. The molecule has 0 aliphatic heterocycles. The number of halogens is 6. The quantitative estimate of drug-likeness (QED) is 0.800. The van der Waals surface area contributed by atoms with E-state index >= 15 is 0 Å². The number of ether oxygens (including phenoxy) is 1. The Morgan fingerprint density at radius 2 is 1.44 bits per heavy atom. The fourth-order valence-electron chi connectivity index (χ4n) is 3.74. The largest absolute Gasteiger partial charge is 0.383 e. The van der Waals surface area contributed by atoms with Crippen molar-refractivity contribution in [3.8, 4) is 0 Å². The van der Waals surface area contributed by atoms with Gasteiger partial charge in [0.15, 0.2) is 11.6 Å². The number of benzene rings is 1. The van der Waals surface area contributed by atoms with Crippen LogP contribution in [-0.2, 0) is 17.8 Å². The normalized spacial score (nSPS) is 32.8. The Morgan fingerprint density at radius 3 is 2.00 bits per heavy atom. The highest BCUT2D eigenvalue weighted by Gasteiger charge is 2.82. The van der Waals surface area contributed by atoms with E-state index in [1.54, 1.807) is 6.92 Å². The van der Waals surface area contributed by atoms with Gasteiger partial charge in [0.25, 0.3) is 0 Å². The lowest BCUT2D eigenvalue weighted by Crippen LogP contribution is -2.76. The van der Waals surface area contributed by atoms with Crippen molar-refractivity contribution in [2.75, 3.05) is 0 Å². The Morgan fingerprint density at radius 1 is 0.920 bits per heavy atom. The van der Waals surface area contributed by atoms with Gasteiger partial charge in [-0.05, 0) is 37.7 Å². The Kier molecular flexibility index (Phi) is 4.15. The summed E-state index contributed by atoms with van der Waals surface area (Å²) < 4.78 is 89.8. The third-order valence-corrected chi connectivity index (χ3v) is 5.56. The lowest BCUT2D eigenvalue weighted by Gasteiger charge is -2.58. The van der Waals surface area contributed by atoms with Gasteiger partial charge >= 0.3 is 11.8 Å². The molecular weight excluding hydrogens is 350 g/mol. The fraction of sp³-hybridized carbons (Fsp3) is 0.647. The Balaban J connectivity index is 1.87. The first kappa shape index (κ1) is 18.5. The summed E-state index contributed by atoms with van der Waals surface area (Å²) in [6.45, 7) is 0.873. The standard InChI is InChI=1S/C17H18F6O2/c1-2-10-3-4-11(13(19)12(10)18)9-25-15-7-5-14(24,6-8-15)16(20,21)17(15,22)23/h3-4,24H,2,5-9H2,1H3. The monoisotopic (exact) mass is 368 g/mol. The van der Waals surface area contributed by atoms with E-state index in [4.69, 9.17) is 4.74 Å². The molecule has 1 N–H and O–H groups in total. The summed E-state index contributed by atoms with van der Waals surface area (Å²) in [7, 11) is 0. The minimum absolute atomic E-state index is 0.122. The predicted molar refractivity (Wildman–Crippen MR) is 76.6 cm³/mol. The van der Waals surface area contributed by atoms with Gasteiger partial charge in [0.05, 0.1) is 6.61 Å². The van der Waals surface area contributed by atoms with Gasteiger partial charge < -0.3 is 9.84 Å². The molecule has 4 rings (SSSR count). The van der Waals surface area contributed by atoms with Gasteiger partial charge in [-0.3, -0.25) is 0 Å². The number of hydrogen-bond acceptors (Lipinski definition) is 2. The molecule has 0 atom stereocenters. The lowest BCUT2D eigenvalue weighted by atomic mass is 9.60. The number of aryl methyl sites for hydroxylation is 1. The molecule has 0 unspecified atom stereocenters. The molecule has 0 amide bonds. The van der Waals surface area contributed by atoms with Gasteiger partial charge in [-0.25, -0.2) is 8.78 Å². The number of aliphatic hydroxyl groups is 1. The SMILES string of the molecule is CCc1ccc(COC23CCC(O)(CC2)C(F)(F)C3(F)F)c(F)c1F. The highest BCUT2D eigenvalue weighted by atomic mass is 19.3. The molecule has 0 spiro atoms. The predicted octanol–water partition coefficient (Wildman–Crippen LogP) is 4.37. The Labute approximate surface area is 140 Å². The zero-order valence-electron chi connectivity index (χ0n) is 13.5. The van der Waals surface area contributed by atoms with Crippen LogP contribution in [0.5, 0.6) is 0 Å². The second kappa shape index (κ2) is 5.61. The maximum atomic E-state index is 14.4. The first-order chi connectivity index (χ1) is 11.5. The van der Waals surface area contributed by atoms with Gasteiger partial charge in [-0.2, -0.15) is 17.6 Å². The summed E-state index contributed by atoms with van der Waals surface area (Å²) in [5, 5.41) is 9.82. The van der Waals surface area contributed by atoms with E-state index in [-0.39, 0.29) is 17.5 Å². The molecule has 3 saturated carbocycles. The molecule has 3 aliphatic carbocycles. The van der Waals surface area contributed by atoms with Crippen LogP contribution < -0.4 is 0 Å². The van der Waals surface area contributed by atoms with Crippen molar-refractivity contribution in [1.82, 2.24) is 0 Å². The third kappa shape index (κ3) is 2.33. The maximum Gasteiger partial charge on any atom is 0.341 e. The number of hydrogen-bond donors (Lipinski definition) is 1. The Hall–Kier alpha value is -1.28. The topological polar surface area (TPSA) is 29.5 Å². The molecule has 0 aromatic heterocycles. The highest BCUT2D eigenvalue weighted by Crippen LogP contribution is 2.64. The first-order valence-corrected chi connectivity index (χ1v) is 8.09. The second-order valence-electron chi connectivity index (χ2n) is 6.83. The fourth-order valence-corrected chi connectivity index (χ4v) is 3.74. The summed E-state index contributed by atoms with van der Waals surface area (Å²) in [5.74, 6) is -11.6. The molecule has 3 fully saturated rings. The lowest BCUT2D eigenvalue weighted by molar-refractivity contribution is -0.404. The van der Waals surface area contributed by atoms with E-state index in [9.17, 15) is 31.4 Å². The molecule has 140 valence electrons. The molecule has 25 heavy (non-hydrogen) atoms. The number of alkyl halides is 4. The van der Waals surface area contributed by atoms with E-state index in [1.165, 1.54) is 12.1 Å². The average molecular weight is 368 g/mol. The van der Waals surface area contributed by atoms with E-state index in [2.05, 4.69) is 0 Å². The van der Waals surface area contributed by atoms with Crippen molar-refractivity contribution in [1.29, 1.82) is 0 Å². The van der Waals surface area contributed by atoms with Gasteiger partial charge in [-0.15, -0.1) is 0 Å². The van der Waals surface area contributed by atoms with Crippen LogP contribution in [0.4, 0.5) is 26.3 Å². The zero-order chi connectivity index (χ0) is 18.7. The molecule has 0 radical (unpaired) electrons. The van der Waals surface area contributed by atoms with Crippen molar-refractivity contribution in [3.63, 3.8) is 0 Å². The molecule has 0 saturated heterocycles. The van der Waals surface area contributed by atoms with Crippen LogP contribution in [0.15, 0.2) is 12.1 Å². The molecule has 8 heteroatoms. The van der Waals surface area contributed by atoms with Gasteiger partial charge in [-0.1, -0.05) is 19.1 Å². The van der Waals surface area contributed by atoms with E-state index in [0.29, 0.717) is 0 Å².